The Bertz CT molecular complexity index is 417. The fourth-order valence-corrected chi connectivity index (χ4v) is 2.03. The smallest absolute Gasteiger partial charge is 0.256 e. The molecule has 0 saturated carbocycles. The molecule has 0 unspecified atom stereocenters. The number of alkyl halides is 1. The van der Waals surface area contributed by atoms with Crippen LogP contribution in [0.5, 0.6) is 0 Å². The number of carbonyl (C=O) groups is 1. The SMILES string of the molecule is COCCN(CCCl)C(=O)c1cccc(Br)c1F. The van der Waals surface area contributed by atoms with Crippen molar-refractivity contribution in [2.75, 3.05) is 32.7 Å². The third-order valence-corrected chi connectivity index (χ3v) is 3.17. The summed E-state index contributed by atoms with van der Waals surface area (Å²) in [5.41, 5.74) is 0.0330. The molecule has 100 valence electrons. The number of rotatable bonds is 6. The van der Waals surface area contributed by atoms with Crippen LogP contribution in [0.2, 0.25) is 0 Å². The number of ether oxygens (including phenoxy) is 1. The van der Waals surface area contributed by atoms with Crippen LogP contribution in [0.3, 0.4) is 0 Å². The standard InChI is InChI=1S/C12H14BrClFNO2/c1-18-8-7-16(6-5-14)12(17)9-3-2-4-10(13)11(9)15/h2-4H,5-8H2,1H3. The van der Waals surface area contributed by atoms with E-state index < -0.39 is 5.82 Å². The van der Waals surface area contributed by atoms with Gasteiger partial charge in [0.05, 0.1) is 16.6 Å². The van der Waals surface area contributed by atoms with E-state index in [-0.39, 0.29) is 15.9 Å². The van der Waals surface area contributed by atoms with Crippen LogP contribution in [-0.2, 0) is 4.74 Å². The van der Waals surface area contributed by atoms with Gasteiger partial charge in [0.25, 0.3) is 5.91 Å². The van der Waals surface area contributed by atoms with E-state index in [1.54, 1.807) is 19.2 Å². The van der Waals surface area contributed by atoms with Gasteiger partial charge in [-0.1, -0.05) is 6.07 Å². The van der Waals surface area contributed by atoms with Crippen molar-refractivity contribution in [1.29, 1.82) is 0 Å². The summed E-state index contributed by atoms with van der Waals surface area (Å²) in [7, 11) is 1.54. The molecule has 0 bridgehead atoms. The highest BCUT2D eigenvalue weighted by atomic mass is 79.9. The second-order valence-electron chi connectivity index (χ2n) is 3.58. The predicted molar refractivity (Wildman–Crippen MR) is 72.6 cm³/mol. The first-order valence-corrected chi connectivity index (χ1v) is 6.72. The van der Waals surface area contributed by atoms with Gasteiger partial charge in [-0.2, -0.15) is 0 Å². The lowest BCUT2D eigenvalue weighted by molar-refractivity contribution is 0.0703. The summed E-state index contributed by atoms with van der Waals surface area (Å²) in [5.74, 6) is -0.642. The minimum absolute atomic E-state index is 0.0330. The maximum atomic E-state index is 13.8. The highest BCUT2D eigenvalue weighted by Crippen LogP contribution is 2.19. The highest BCUT2D eigenvalue weighted by molar-refractivity contribution is 9.10. The summed E-state index contributed by atoms with van der Waals surface area (Å²) >= 11 is 8.70. The Balaban J connectivity index is 2.90. The summed E-state index contributed by atoms with van der Waals surface area (Å²) in [6.07, 6.45) is 0. The molecule has 0 atom stereocenters. The number of carbonyl (C=O) groups excluding carboxylic acids is 1. The van der Waals surface area contributed by atoms with Crippen molar-refractivity contribution in [3.63, 3.8) is 0 Å². The number of benzene rings is 1. The predicted octanol–water partition coefficient (Wildman–Crippen LogP) is 2.92. The Morgan fingerprint density at radius 1 is 1.50 bits per heavy atom. The minimum atomic E-state index is -0.556. The number of amides is 1. The van der Waals surface area contributed by atoms with E-state index in [9.17, 15) is 9.18 Å². The minimum Gasteiger partial charge on any atom is -0.383 e. The fraction of sp³-hybridized carbons (Fsp3) is 0.417. The molecule has 0 spiro atoms. The number of methoxy groups -OCH3 is 1. The molecule has 1 rings (SSSR count). The van der Waals surface area contributed by atoms with Crippen molar-refractivity contribution in [1.82, 2.24) is 4.90 Å². The number of hydrogen-bond acceptors (Lipinski definition) is 2. The first-order chi connectivity index (χ1) is 8.61. The molecule has 1 aromatic carbocycles. The average Bonchev–Trinajstić information content (AvgIpc) is 2.37. The highest BCUT2D eigenvalue weighted by Gasteiger charge is 2.19. The molecule has 0 saturated heterocycles. The molecule has 0 aliphatic carbocycles. The second kappa shape index (κ2) is 7.71. The molecule has 1 amide bonds. The molecular weight excluding hydrogens is 324 g/mol. The average molecular weight is 339 g/mol. The van der Waals surface area contributed by atoms with Crippen molar-refractivity contribution >= 4 is 33.4 Å². The van der Waals surface area contributed by atoms with E-state index in [2.05, 4.69) is 15.9 Å². The van der Waals surface area contributed by atoms with Crippen LogP contribution in [0.1, 0.15) is 10.4 Å². The topological polar surface area (TPSA) is 29.5 Å². The first-order valence-electron chi connectivity index (χ1n) is 5.40. The van der Waals surface area contributed by atoms with E-state index in [1.165, 1.54) is 11.0 Å². The lowest BCUT2D eigenvalue weighted by Gasteiger charge is -2.21. The number of hydrogen-bond donors (Lipinski definition) is 0. The lowest BCUT2D eigenvalue weighted by Crippen LogP contribution is -2.36. The summed E-state index contributed by atoms with van der Waals surface area (Å²) < 4.78 is 19.0. The Kier molecular flexibility index (Phi) is 6.60. The monoisotopic (exact) mass is 337 g/mol. The van der Waals surface area contributed by atoms with Crippen molar-refractivity contribution in [3.8, 4) is 0 Å². The maximum absolute atomic E-state index is 13.8. The van der Waals surface area contributed by atoms with Gasteiger partial charge in [0.1, 0.15) is 5.82 Å². The summed E-state index contributed by atoms with van der Waals surface area (Å²) in [6, 6.07) is 4.62. The van der Waals surface area contributed by atoms with Gasteiger partial charge in [-0.25, -0.2) is 4.39 Å². The Morgan fingerprint density at radius 3 is 2.83 bits per heavy atom. The van der Waals surface area contributed by atoms with Gasteiger partial charge >= 0.3 is 0 Å². The molecular formula is C12H14BrClFNO2. The van der Waals surface area contributed by atoms with Crippen molar-refractivity contribution < 1.29 is 13.9 Å². The zero-order chi connectivity index (χ0) is 13.5. The lowest BCUT2D eigenvalue weighted by atomic mass is 10.2. The summed E-state index contributed by atoms with van der Waals surface area (Å²) in [6.45, 7) is 1.13. The fourth-order valence-electron chi connectivity index (χ4n) is 1.46. The van der Waals surface area contributed by atoms with Crippen LogP contribution in [0.4, 0.5) is 4.39 Å². The third kappa shape index (κ3) is 3.93. The van der Waals surface area contributed by atoms with Gasteiger partial charge in [0.15, 0.2) is 0 Å². The number of halogens is 3. The zero-order valence-electron chi connectivity index (χ0n) is 9.96. The molecule has 0 N–H and O–H groups in total. The van der Waals surface area contributed by atoms with Crippen molar-refractivity contribution in [2.45, 2.75) is 0 Å². The van der Waals surface area contributed by atoms with Gasteiger partial charge in [0, 0.05) is 26.1 Å². The van der Waals surface area contributed by atoms with Crippen LogP contribution in [0.25, 0.3) is 0 Å². The molecule has 1 aromatic rings. The molecule has 0 aliphatic heterocycles. The van der Waals surface area contributed by atoms with Crippen LogP contribution in [0, 0.1) is 5.82 Å². The van der Waals surface area contributed by atoms with Gasteiger partial charge < -0.3 is 9.64 Å². The molecule has 0 radical (unpaired) electrons. The van der Waals surface area contributed by atoms with E-state index in [1.807, 2.05) is 0 Å². The molecule has 0 heterocycles. The van der Waals surface area contributed by atoms with Crippen molar-refractivity contribution in [2.24, 2.45) is 0 Å². The molecule has 0 aliphatic rings. The van der Waals surface area contributed by atoms with Crippen LogP contribution in [-0.4, -0.2) is 43.5 Å². The normalized spacial score (nSPS) is 10.4. The molecule has 3 nitrogen and oxygen atoms in total. The van der Waals surface area contributed by atoms with Crippen LogP contribution < -0.4 is 0 Å². The van der Waals surface area contributed by atoms with E-state index in [0.717, 1.165) is 0 Å². The van der Waals surface area contributed by atoms with Crippen LogP contribution in [0.15, 0.2) is 22.7 Å². The van der Waals surface area contributed by atoms with E-state index in [4.69, 9.17) is 16.3 Å². The molecule has 18 heavy (non-hydrogen) atoms. The Hall–Kier alpha value is -0.650. The van der Waals surface area contributed by atoms with Gasteiger partial charge in [-0.3, -0.25) is 4.79 Å². The van der Waals surface area contributed by atoms with E-state index >= 15 is 0 Å². The second-order valence-corrected chi connectivity index (χ2v) is 4.81. The Morgan fingerprint density at radius 2 is 2.22 bits per heavy atom. The zero-order valence-corrected chi connectivity index (χ0v) is 12.3. The summed E-state index contributed by atoms with van der Waals surface area (Å²) in [4.78, 5) is 13.6. The van der Waals surface area contributed by atoms with Gasteiger partial charge in [0.2, 0.25) is 0 Å². The first kappa shape index (κ1) is 15.4. The van der Waals surface area contributed by atoms with Gasteiger partial charge in [-0.15, -0.1) is 11.6 Å². The Labute approximate surface area is 119 Å². The molecule has 0 fully saturated rings. The maximum Gasteiger partial charge on any atom is 0.256 e. The van der Waals surface area contributed by atoms with Crippen molar-refractivity contribution in [3.05, 3.63) is 34.1 Å². The quantitative estimate of drug-likeness (QED) is 0.747. The third-order valence-electron chi connectivity index (χ3n) is 2.39. The van der Waals surface area contributed by atoms with Gasteiger partial charge in [-0.05, 0) is 28.1 Å². The van der Waals surface area contributed by atoms with Crippen LogP contribution >= 0.6 is 27.5 Å². The largest absolute Gasteiger partial charge is 0.383 e. The molecule has 0 aromatic heterocycles. The summed E-state index contributed by atoms with van der Waals surface area (Å²) in [5, 5.41) is 0. The van der Waals surface area contributed by atoms with E-state index in [0.29, 0.717) is 25.6 Å². The number of nitrogens with zero attached hydrogens (tertiary/aromatic N) is 1. The molecule has 6 heteroatoms.